The Morgan fingerprint density at radius 1 is 1.36 bits per heavy atom. The molecule has 3 N–H and O–H groups in total. The van der Waals surface area contributed by atoms with Gasteiger partial charge in [0.1, 0.15) is 0 Å². The minimum absolute atomic E-state index is 0.111. The van der Waals surface area contributed by atoms with Crippen molar-refractivity contribution in [3.63, 3.8) is 0 Å². The second kappa shape index (κ2) is 5.84. The van der Waals surface area contributed by atoms with Crippen LogP contribution in [0.25, 0.3) is 11.0 Å². The van der Waals surface area contributed by atoms with Gasteiger partial charge in [-0.05, 0) is 25.2 Å². The van der Waals surface area contributed by atoms with E-state index in [4.69, 9.17) is 4.74 Å². The molecule has 1 aliphatic rings. The number of H-pyrrole nitrogens is 2. The van der Waals surface area contributed by atoms with Gasteiger partial charge in [-0.3, -0.25) is 0 Å². The van der Waals surface area contributed by atoms with Gasteiger partial charge in [0, 0.05) is 19.6 Å². The molecule has 0 saturated carbocycles. The molecule has 2 aromatic rings. The smallest absolute Gasteiger partial charge is 0.323 e. The lowest BCUT2D eigenvalue weighted by Crippen LogP contribution is -2.45. The maximum atomic E-state index is 12.3. The van der Waals surface area contributed by atoms with Crippen LogP contribution < -0.4 is 10.4 Å². The molecule has 1 aromatic heterocycles. The first-order valence-electron chi connectivity index (χ1n) is 6.96. The highest BCUT2D eigenvalue weighted by Gasteiger charge is 2.21. The fourth-order valence-electron chi connectivity index (χ4n) is 2.46. The molecule has 1 unspecified atom stereocenters. The van der Waals surface area contributed by atoms with Gasteiger partial charge in [-0.15, -0.1) is 0 Å². The minimum atomic E-state index is -3.64. The van der Waals surface area contributed by atoms with Gasteiger partial charge < -0.3 is 19.6 Å². The number of imidazole rings is 1. The van der Waals surface area contributed by atoms with Crippen LogP contribution in [0.4, 0.5) is 0 Å². The molecule has 0 spiro atoms. The number of morpholine rings is 1. The van der Waals surface area contributed by atoms with Crippen LogP contribution in [0.1, 0.15) is 0 Å². The van der Waals surface area contributed by atoms with E-state index in [2.05, 4.69) is 19.6 Å². The number of fused-ring (bicyclic) bond motifs is 1. The predicted octanol–water partition coefficient (Wildman–Crippen LogP) is -0.535. The number of nitrogens with one attached hydrogen (secondary N) is 3. The third-order valence-electron chi connectivity index (χ3n) is 3.64. The summed E-state index contributed by atoms with van der Waals surface area (Å²) in [6, 6.07) is 4.46. The highest BCUT2D eigenvalue weighted by atomic mass is 32.2. The molecule has 2 heterocycles. The summed E-state index contributed by atoms with van der Waals surface area (Å²) in [6.45, 7) is 2.35. The number of hydrogen-bond donors (Lipinski definition) is 3. The van der Waals surface area contributed by atoms with Crippen LogP contribution in [-0.2, 0) is 14.8 Å². The first kappa shape index (κ1) is 15.2. The van der Waals surface area contributed by atoms with Crippen molar-refractivity contribution in [3.05, 3.63) is 28.7 Å². The molecule has 1 aliphatic heterocycles. The summed E-state index contributed by atoms with van der Waals surface area (Å²) in [5.41, 5.74) is 0.666. The zero-order valence-electron chi connectivity index (χ0n) is 12.1. The number of ether oxygens (including phenoxy) is 1. The Bertz CT molecular complexity index is 826. The van der Waals surface area contributed by atoms with E-state index >= 15 is 0 Å². The van der Waals surface area contributed by atoms with E-state index in [1.807, 2.05) is 7.05 Å². The molecule has 1 atom stereocenters. The summed E-state index contributed by atoms with van der Waals surface area (Å²) in [5.74, 6) is 0. The number of likely N-dealkylation sites (N-methyl/N-ethyl adjacent to an activating group) is 1. The highest BCUT2D eigenvalue weighted by Crippen LogP contribution is 2.15. The van der Waals surface area contributed by atoms with Gasteiger partial charge in [-0.25, -0.2) is 17.9 Å². The number of rotatable bonds is 4. The van der Waals surface area contributed by atoms with Gasteiger partial charge in [0.25, 0.3) is 0 Å². The van der Waals surface area contributed by atoms with Crippen molar-refractivity contribution >= 4 is 21.1 Å². The SMILES string of the molecule is CN1CCOC(CNS(=O)(=O)c2ccc3[nH]c(=O)[nH]c3c2)C1. The van der Waals surface area contributed by atoms with Gasteiger partial charge in [-0.2, -0.15) is 0 Å². The standard InChI is InChI=1S/C13H18N4O4S/c1-17-4-5-21-9(8-17)7-14-22(19,20)10-2-3-11-12(6-10)16-13(18)15-11/h2-3,6,9,14H,4-5,7-8H2,1H3,(H2,15,16,18). The van der Waals surface area contributed by atoms with Crippen molar-refractivity contribution in [1.29, 1.82) is 0 Å². The van der Waals surface area contributed by atoms with Crippen LogP contribution in [0.5, 0.6) is 0 Å². The molecule has 1 saturated heterocycles. The predicted molar refractivity (Wildman–Crippen MR) is 81.3 cm³/mol. The quantitative estimate of drug-likeness (QED) is 0.700. The van der Waals surface area contributed by atoms with Gasteiger partial charge in [0.15, 0.2) is 0 Å². The zero-order valence-corrected chi connectivity index (χ0v) is 12.9. The van der Waals surface area contributed by atoms with Gasteiger partial charge >= 0.3 is 5.69 Å². The minimum Gasteiger partial charge on any atom is -0.374 e. The van der Waals surface area contributed by atoms with Crippen molar-refractivity contribution in [2.75, 3.05) is 33.3 Å². The molecule has 8 nitrogen and oxygen atoms in total. The summed E-state index contributed by atoms with van der Waals surface area (Å²) in [5, 5.41) is 0. The van der Waals surface area contributed by atoms with Crippen LogP contribution in [0.15, 0.2) is 27.9 Å². The number of aromatic nitrogens is 2. The van der Waals surface area contributed by atoms with Crippen LogP contribution in [-0.4, -0.2) is 62.7 Å². The van der Waals surface area contributed by atoms with Crippen molar-refractivity contribution in [2.45, 2.75) is 11.0 Å². The van der Waals surface area contributed by atoms with Crippen LogP contribution in [0, 0.1) is 0 Å². The van der Waals surface area contributed by atoms with E-state index in [1.165, 1.54) is 12.1 Å². The Balaban J connectivity index is 1.74. The fraction of sp³-hybridized carbons (Fsp3) is 0.462. The average Bonchev–Trinajstić information content (AvgIpc) is 2.84. The summed E-state index contributed by atoms with van der Waals surface area (Å²) in [7, 11) is -1.67. The van der Waals surface area contributed by atoms with Crippen molar-refractivity contribution in [2.24, 2.45) is 0 Å². The number of benzene rings is 1. The molecule has 0 bridgehead atoms. The Labute approximate surface area is 127 Å². The van der Waals surface area contributed by atoms with Crippen molar-refractivity contribution in [1.82, 2.24) is 19.6 Å². The van der Waals surface area contributed by atoms with Gasteiger partial charge in [-0.1, -0.05) is 0 Å². The molecule has 3 rings (SSSR count). The molecule has 0 aliphatic carbocycles. The number of nitrogens with zero attached hydrogens (tertiary/aromatic N) is 1. The fourth-order valence-corrected chi connectivity index (χ4v) is 3.55. The summed E-state index contributed by atoms with van der Waals surface area (Å²) >= 11 is 0. The topological polar surface area (TPSA) is 107 Å². The van der Waals surface area contributed by atoms with E-state index < -0.39 is 10.0 Å². The number of hydrogen-bond acceptors (Lipinski definition) is 5. The summed E-state index contributed by atoms with van der Waals surface area (Å²) in [4.78, 5) is 18.5. The van der Waals surface area contributed by atoms with E-state index in [9.17, 15) is 13.2 Å². The Hall–Kier alpha value is -1.68. The van der Waals surface area contributed by atoms with Crippen molar-refractivity contribution in [3.8, 4) is 0 Å². The molecular formula is C13H18N4O4S. The monoisotopic (exact) mass is 326 g/mol. The first-order valence-corrected chi connectivity index (χ1v) is 8.44. The molecule has 22 heavy (non-hydrogen) atoms. The van der Waals surface area contributed by atoms with Gasteiger partial charge in [0.2, 0.25) is 10.0 Å². The average molecular weight is 326 g/mol. The molecule has 9 heteroatoms. The Morgan fingerprint density at radius 3 is 2.91 bits per heavy atom. The van der Waals surface area contributed by atoms with Crippen LogP contribution in [0.3, 0.4) is 0 Å². The molecule has 1 aromatic carbocycles. The molecular weight excluding hydrogens is 308 g/mol. The van der Waals surface area contributed by atoms with E-state index in [1.54, 1.807) is 6.07 Å². The summed E-state index contributed by atoms with van der Waals surface area (Å²) in [6.07, 6.45) is -0.163. The van der Waals surface area contributed by atoms with E-state index in [-0.39, 0.29) is 23.2 Å². The number of sulfonamides is 1. The Morgan fingerprint density at radius 2 is 2.14 bits per heavy atom. The maximum absolute atomic E-state index is 12.3. The lowest BCUT2D eigenvalue weighted by molar-refractivity contribution is -0.0156. The third kappa shape index (κ3) is 3.22. The second-order valence-corrected chi connectivity index (χ2v) is 7.16. The lowest BCUT2D eigenvalue weighted by atomic mass is 10.3. The normalized spacial score (nSPS) is 20.5. The lowest BCUT2D eigenvalue weighted by Gasteiger charge is -2.30. The largest absolute Gasteiger partial charge is 0.374 e. The number of aromatic amines is 2. The van der Waals surface area contributed by atoms with Crippen LogP contribution in [0.2, 0.25) is 0 Å². The Kier molecular flexibility index (Phi) is 4.04. The second-order valence-electron chi connectivity index (χ2n) is 5.39. The zero-order chi connectivity index (χ0) is 15.7. The van der Waals surface area contributed by atoms with E-state index in [0.29, 0.717) is 24.2 Å². The molecule has 0 radical (unpaired) electrons. The molecule has 0 amide bonds. The van der Waals surface area contributed by atoms with Crippen molar-refractivity contribution < 1.29 is 13.2 Å². The maximum Gasteiger partial charge on any atom is 0.323 e. The molecule has 120 valence electrons. The highest BCUT2D eigenvalue weighted by molar-refractivity contribution is 7.89. The van der Waals surface area contributed by atoms with Gasteiger partial charge in [0.05, 0.1) is 28.6 Å². The first-order chi connectivity index (χ1) is 10.4. The molecule has 1 fully saturated rings. The van der Waals surface area contributed by atoms with Crippen LogP contribution >= 0.6 is 0 Å². The summed E-state index contributed by atoms with van der Waals surface area (Å²) < 4.78 is 32.7. The van der Waals surface area contributed by atoms with E-state index in [0.717, 1.165) is 6.54 Å². The third-order valence-corrected chi connectivity index (χ3v) is 5.06.